The Labute approximate surface area is 143 Å². The molecule has 0 radical (unpaired) electrons. The van der Waals surface area contributed by atoms with Crippen LogP contribution < -0.4 is 4.90 Å². The molecule has 0 spiro atoms. The Morgan fingerprint density at radius 2 is 1.62 bits per heavy atom. The maximum atomic E-state index is 13.1. The number of anilines is 1. The first-order valence-electron chi connectivity index (χ1n) is 8.16. The Morgan fingerprint density at radius 1 is 1.00 bits per heavy atom. The number of nitrogens with zero attached hydrogens (tertiary/aromatic N) is 1. The van der Waals surface area contributed by atoms with Crippen molar-refractivity contribution in [2.24, 2.45) is 5.92 Å². The fourth-order valence-electron chi connectivity index (χ4n) is 3.11. The minimum absolute atomic E-state index is 0.0377. The monoisotopic (exact) mass is 343 g/mol. The molecule has 1 aliphatic heterocycles. The molecule has 5 heteroatoms. The fraction of sp³-hybridized carbons (Fsp3) is 0.316. The topological polar surface area (TPSA) is 54.5 Å². The van der Waals surface area contributed by atoms with Gasteiger partial charge in [0.15, 0.2) is 9.84 Å². The maximum Gasteiger partial charge on any atom is 0.231 e. The minimum Gasteiger partial charge on any atom is -0.308 e. The Balaban J connectivity index is 1.88. The maximum absolute atomic E-state index is 13.1. The molecular formula is C19H21NO3S. The number of carbonyl (C=O) groups is 1. The molecule has 1 saturated heterocycles. The lowest BCUT2D eigenvalue weighted by atomic mass is 10.0. The van der Waals surface area contributed by atoms with E-state index in [1.54, 1.807) is 4.90 Å². The Hall–Kier alpha value is -2.14. The quantitative estimate of drug-likeness (QED) is 0.857. The Bertz CT molecular complexity index is 788. The number of benzene rings is 2. The average Bonchev–Trinajstić information content (AvgIpc) is 2.60. The predicted octanol–water partition coefficient (Wildman–Crippen LogP) is 3.04. The van der Waals surface area contributed by atoms with Crippen LogP contribution in [0, 0.1) is 5.92 Å². The first kappa shape index (κ1) is 16.7. The van der Waals surface area contributed by atoms with Crippen molar-refractivity contribution >= 4 is 21.4 Å². The van der Waals surface area contributed by atoms with Gasteiger partial charge in [-0.25, -0.2) is 8.42 Å². The molecule has 126 valence electrons. The highest BCUT2D eigenvalue weighted by Gasteiger charge is 2.33. The van der Waals surface area contributed by atoms with Gasteiger partial charge in [-0.1, -0.05) is 48.5 Å². The van der Waals surface area contributed by atoms with Gasteiger partial charge in [-0.3, -0.25) is 4.79 Å². The van der Waals surface area contributed by atoms with E-state index >= 15 is 0 Å². The van der Waals surface area contributed by atoms with Crippen LogP contribution in [0.2, 0.25) is 0 Å². The van der Waals surface area contributed by atoms with Gasteiger partial charge in [0.25, 0.3) is 0 Å². The third-order valence-electron chi connectivity index (χ3n) is 4.33. The molecule has 0 N–H and O–H groups in total. The number of hydrogen-bond donors (Lipinski definition) is 0. The van der Waals surface area contributed by atoms with Crippen LogP contribution in [0.4, 0.5) is 5.69 Å². The van der Waals surface area contributed by atoms with E-state index in [4.69, 9.17) is 0 Å². The highest BCUT2D eigenvalue weighted by molar-refractivity contribution is 7.91. The summed E-state index contributed by atoms with van der Waals surface area (Å²) >= 11 is 0. The molecule has 3 rings (SSSR count). The lowest BCUT2D eigenvalue weighted by molar-refractivity contribution is -0.122. The molecule has 1 atom stereocenters. The highest BCUT2D eigenvalue weighted by atomic mass is 32.2. The van der Waals surface area contributed by atoms with E-state index < -0.39 is 15.8 Å². The summed E-state index contributed by atoms with van der Waals surface area (Å²) in [5.74, 6) is -0.397. The molecule has 0 aliphatic carbocycles. The molecule has 4 nitrogen and oxygen atoms in total. The highest BCUT2D eigenvalue weighted by Crippen LogP contribution is 2.25. The summed E-state index contributed by atoms with van der Waals surface area (Å²) in [6, 6.07) is 19.2. The van der Waals surface area contributed by atoms with Gasteiger partial charge >= 0.3 is 0 Å². The third kappa shape index (κ3) is 4.03. The number of amides is 1. The van der Waals surface area contributed by atoms with Gasteiger partial charge in [-0.2, -0.15) is 0 Å². The van der Waals surface area contributed by atoms with Crippen molar-refractivity contribution in [2.75, 3.05) is 16.4 Å². The zero-order valence-electron chi connectivity index (χ0n) is 13.5. The molecule has 1 fully saturated rings. The van der Waals surface area contributed by atoms with Gasteiger partial charge in [-0.15, -0.1) is 0 Å². The summed E-state index contributed by atoms with van der Waals surface area (Å²) in [6.45, 7) is 0.445. The summed E-state index contributed by atoms with van der Waals surface area (Å²) in [5.41, 5.74) is 1.82. The van der Waals surface area contributed by atoms with Gasteiger partial charge in [0.2, 0.25) is 5.91 Å². The summed E-state index contributed by atoms with van der Waals surface area (Å²) in [7, 11) is -3.11. The molecule has 2 aromatic rings. The second-order valence-corrected chi connectivity index (χ2v) is 8.43. The van der Waals surface area contributed by atoms with Crippen LogP contribution in [0.5, 0.6) is 0 Å². The van der Waals surface area contributed by atoms with Crippen molar-refractivity contribution < 1.29 is 13.2 Å². The Kier molecular flexibility index (Phi) is 5.00. The summed E-state index contributed by atoms with van der Waals surface area (Å²) in [4.78, 5) is 14.8. The number of rotatable bonds is 4. The normalized spacial score (nSPS) is 19.6. The smallest absolute Gasteiger partial charge is 0.231 e. The molecular weight excluding hydrogens is 322 g/mol. The number of carbonyl (C=O) groups excluding carboxylic acids is 1. The molecule has 1 aliphatic rings. The standard InChI is InChI=1S/C19H21NO3S/c21-19(17-10-7-13-24(22,23)15-17)20(18-11-5-2-6-12-18)14-16-8-3-1-4-9-16/h1-6,8-9,11-12,17H,7,10,13-15H2. The van der Waals surface area contributed by atoms with Crippen LogP contribution in [0.3, 0.4) is 0 Å². The molecule has 24 heavy (non-hydrogen) atoms. The SMILES string of the molecule is O=C(C1CCCS(=O)(=O)C1)N(Cc1ccccc1)c1ccccc1. The van der Waals surface area contributed by atoms with Gasteiger partial charge in [0.05, 0.1) is 24.0 Å². The van der Waals surface area contributed by atoms with Crippen molar-refractivity contribution in [3.05, 3.63) is 66.2 Å². The zero-order valence-corrected chi connectivity index (χ0v) is 14.3. The largest absolute Gasteiger partial charge is 0.308 e. The van der Waals surface area contributed by atoms with E-state index in [0.717, 1.165) is 11.3 Å². The van der Waals surface area contributed by atoms with E-state index in [2.05, 4.69) is 0 Å². The second-order valence-electron chi connectivity index (χ2n) is 6.20. The third-order valence-corrected chi connectivity index (χ3v) is 6.15. The lowest BCUT2D eigenvalue weighted by Crippen LogP contribution is -2.41. The van der Waals surface area contributed by atoms with Gasteiger partial charge < -0.3 is 4.90 Å². The summed E-state index contributed by atoms with van der Waals surface area (Å²) < 4.78 is 23.8. The van der Waals surface area contributed by atoms with Crippen LogP contribution in [0.1, 0.15) is 18.4 Å². The molecule has 0 bridgehead atoms. The lowest BCUT2D eigenvalue weighted by Gasteiger charge is -2.29. The van der Waals surface area contributed by atoms with Crippen LogP contribution >= 0.6 is 0 Å². The van der Waals surface area contributed by atoms with Gasteiger partial charge in [0.1, 0.15) is 0 Å². The van der Waals surface area contributed by atoms with E-state index in [1.807, 2.05) is 60.7 Å². The van der Waals surface area contributed by atoms with Crippen molar-refractivity contribution in [1.82, 2.24) is 0 Å². The van der Waals surface area contributed by atoms with Crippen molar-refractivity contribution in [2.45, 2.75) is 19.4 Å². The second kappa shape index (κ2) is 7.18. The molecule has 1 amide bonds. The van der Waals surface area contributed by atoms with Crippen molar-refractivity contribution in [3.63, 3.8) is 0 Å². The van der Waals surface area contributed by atoms with Crippen LogP contribution in [-0.2, 0) is 21.2 Å². The van der Waals surface area contributed by atoms with Crippen LogP contribution in [-0.4, -0.2) is 25.8 Å². The summed E-state index contributed by atoms with van der Waals surface area (Å²) in [5, 5.41) is 0. The fourth-order valence-corrected chi connectivity index (χ4v) is 4.80. The van der Waals surface area contributed by atoms with Crippen molar-refractivity contribution in [1.29, 1.82) is 0 Å². The number of hydrogen-bond acceptors (Lipinski definition) is 3. The van der Waals surface area contributed by atoms with E-state index in [-0.39, 0.29) is 17.4 Å². The van der Waals surface area contributed by atoms with Crippen molar-refractivity contribution in [3.8, 4) is 0 Å². The van der Waals surface area contributed by atoms with Crippen LogP contribution in [0.25, 0.3) is 0 Å². The van der Waals surface area contributed by atoms with Gasteiger partial charge in [-0.05, 0) is 30.5 Å². The molecule has 0 aromatic heterocycles. The predicted molar refractivity (Wildman–Crippen MR) is 95.5 cm³/mol. The van der Waals surface area contributed by atoms with Crippen LogP contribution in [0.15, 0.2) is 60.7 Å². The number of sulfone groups is 1. The number of para-hydroxylation sites is 1. The first-order chi connectivity index (χ1) is 11.6. The van der Waals surface area contributed by atoms with E-state index in [9.17, 15) is 13.2 Å². The molecule has 1 unspecified atom stereocenters. The Morgan fingerprint density at radius 3 is 2.25 bits per heavy atom. The zero-order chi connectivity index (χ0) is 17.0. The van der Waals surface area contributed by atoms with Gasteiger partial charge in [0, 0.05) is 5.69 Å². The van der Waals surface area contributed by atoms with E-state index in [1.165, 1.54) is 0 Å². The molecule has 2 aromatic carbocycles. The minimum atomic E-state index is -3.11. The summed E-state index contributed by atoms with van der Waals surface area (Å²) in [6.07, 6.45) is 1.20. The first-order valence-corrected chi connectivity index (χ1v) is 9.98. The molecule has 0 saturated carbocycles. The van der Waals surface area contributed by atoms with E-state index in [0.29, 0.717) is 19.4 Å². The average molecular weight is 343 g/mol. The molecule has 1 heterocycles.